The number of methoxy groups -OCH3 is 1. The van der Waals surface area contributed by atoms with Crippen LogP contribution in [0.15, 0.2) is 28.4 Å². The van der Waals surface area contributed by atoms with Crippen LogP contribution in [-0.4, -0.2) is 74.4 Å². The van der Waals surface area contributed by atoms with Crippen LogP contribution in [-0.2, 0) is 32.6 Å². The maximum Gasteiger partial charge on any atom is 0.287 e. The zero-order valence-electron chi connectivity index (χ0n) is 19.6. The maximum atomic E-state index is 13.6. The largest absolute Gasteiger partial charge is 0.494 e. The molecule has 3 heterocycles. The highest BCUT2D eigenvalue weighted by Gasteiger charge is 2.26. The van der Waals surface area contributed by atoms with Crippen molar-refractivity contribution in [3.63, 3.8) is 0 Å². The highest BCUT2D eigenvalue weighted by atomic mass is 32.2. The number of thiophene rings is 1. The van der Waals surface area contributed by atoms with Gasteiger partial charge >= 0.3 is 0 Å². The lowest BCUT2D eigenvalue weighted by Gasteiger charge is -2.30. The van der Waals surface area contributed by atoms with E-state index >= 15 is 0 Å². The summed E-state index contributed by atoms with van der Waals surface area (Å²) in [5.74, 6) is -1.19. The second-order valence-electron chi connectivity index (χ2n) is 8.14. The lowest BCUT2D eigenvalue weighted by Crippen LogP contribution is -2.46. The molecule has 14 heteroatoms. The van der Waals surface area contributed by atoms with E-state index in [1.54, 1.807) is 5.38 Å². The van der Waals surface area contributed by atoms with Gasteiger partial charge < -0.3 is 24.5 Å². The topological polar surface area (TPSA) is 140 Å². The minimum absolute atomic E-state index is 0.0609. The number of amides is 1. The number of nitrogens with one attached hydrogen (secondary N) is 2. The number of carbonyl (C=O) groups excluding carboxylic acids is 1. The average molecular weight is 541 g/mol. The van der Waals surface area contributed by atoms with Gasteiger partial charge in [0.15, 0.2) is 11.6 Å². The summed E-state index contributed by atoms with van der Waals surface area (Å²) in [5, 5.41) is 4.69. The SMILES string of the molecule is COc1cc(CNC(=O)c2nc3scc(COCC4CN(S(C)(=O)=O)CCO4)c3c(=O)[nH]2)ccc1F. The number of H-pyrrole nitrogens is 1. The number of hydrogen-bond donors (Lipinski definition) is 2. The molecule has 1 aliphatic heterocycles. The van der Waals surface area contributed by atoms with Crippen LogP contribution in [0.3, 0.4) is 0 Å². The first kappa shape index (κ1) is 26.2. The van der Waals surface area contributed by atoms with Crippen molar-refractivity contribution in [3.8, 4) is 5.75 Å². The Bertz CT molecular complexity index is 1420. The first-order valence-corrected chi connectivity index (χ1v) is 13.6. The summed E-state index contributed by atoms with van der Waals surface area (Å²) < 4.78 is 54.6. The standard InChI is InChI=1S/C22H25FN4O7S2/c1-32-17-7-13(3-4-16(17)23)8-24-21(29)19-25-20(28)18-14(12-35-22(18)26-19)10-33-11-15-9-27(5-6-34-15)36(2,30)31/h3-4,7,12,15H,5-6,8-11H2,1-2H3,(H,24,29)(H,25,26,28). The van der Waals surface area contributed by atoms with Crippen LogP contribution >= 0.6 is 11.3 Å². The molecule has 0 bridgehead atoms. The number of carbonyl (C=O) groups is 1. The summed E-state index contributed by atoms with van der Waals surface area (Å²) in [4.78, 5) is 32.4. The van der Waals surface area contributed by atoms with Gasteiger partial charge in [-0.1, -0.05) is 6.07 Å². The third kappa shape index (κ3) is 6.07. The number of fused-ring (bicyclic) bond motifs is 1. The van der Waals surface area contributed by atoms with E-state index in [0.717, 1.165) is 6.26 Å². The van der Waals surface area contributed by atoms with Crippen LogP contribution in [0.1, 0.15) is 21.7 Å². The molecule has 2 N–H and O–H groups in total. The first-order valence-electron chi connectivity index (χ1n) is 10.9. The fraction of sp³-hybridized carbons (Fsp3) is 0.409. The van der Waals surface area contributed by atoms with Crippen molar-refractivity contribution >= 4 is 37.5 Å². The van der Waals surface area contributed by atoms with E-state index in [4.69, 9.17) is 14.2 Å². The zero-order valence-corrected chi connectivity index (χ0v) is 21.2. The van der Waals surface area contributed by atoms with E-state index in [9.17, 15) is 22.4 Å². The molecule has 194 valence electrons. The molecular formula is C22H25FN4O7S2. The van der Waals surface area contributed by atoms with Crippen molar-refractivity contribution in [2.75, 3.05) is 39.7 Å². The van der Waals surface area contributed by atoms with Gasteiger partial charge in [0.2, 0.25) is 15.8 Å². The minimum atomic E-state index is -3.31. The molecule has 1 fully saturated rings. The molecule has 1 unspecified atom stereocenters. The fourth-order valence-electron chi connectivity index (χ4n) is 3.70. The number of morpholine rings is 1. The number of sulfonamides is 1. The number of aromatic amines is 1. The molecule has 1 atom stereocenters. The maximum absolute atomic E-state index is 13.6. The Morgan fingerprint density at radius 1 is 1.42 bits per heavy atom. The second kappa shape index (κ2) is 11.0. The summed E-state index contributed by atoms with van der Waals surface area (Å²) in [7, 11) is -1.96. The Hall–Kier alpha value is -2.91. The smallest absolute Gasteiger partial charge is 0.287 e. The molecule has 1 amide bonds. The van der Waals surface area contributed by atoms with Crippen LogP contribution in [0.25, 0.3) is 10.2 Å². The molecule has 0 saturated carbocycles. The van der Waals surface area contributed by atoms with Crippen molar-refractivity contribution in [2.24, 2.45) is 0 Å². The molecule has 1 aliphatic rings. The second-order valence-corrected chi connectivity index (χ2v) is 11.0. The first-order chi connectivity index (χ1) is 17.2. The van der Waals surface area contributed by atoms with Crippen molar-refractivity contribution in [1.82, 2.24) is 19.6 Å². The molecule has 0 aliphatic carbocycles. The van der Waals surface area contributed by atoms with Crippen LogP contribution in [0.5, 0.6) is 5.75 Å². The normalized spacial score (nSPS) is 16.8. The van der Waals surface area contributed by atoms with E-state index in [1.807, 2.05) is 0 Å². The number of ether oxygens (including phenoxy) is 3. The molecule has 4 rings (SSSR count). The van der Waals surface area contributed by atoms with Gasteiger partial charge in [0, 0.05) is 25.2 Å². The number of aromatic nitrogens is 2. The van der Waals surface area contributed by atoms with E-state index in [0.29, 0.717) is 27.9 Å². The molecule has 11 nitrogen and oxygen atoms in total. The van der Waals surface area contributed by atoms with Gasteiger partial charge in [0.1, 0.15) is 4.83 Å². The Balaban J connectivity index is 1.38. The van der Waals surface area contributed by atoms with Crippen molar-refractivity contribution in [2.45, 2.75) is 19.3 Å². The van der Waals surface area contributed by atoms with Crippen molar-refractivity contribution < 1.29 is 31.8 Å². The van der Waals surface area contributed by atoms with E-state index in [2.05, 4.69) is 15.3 Å². The summed E-state index contributed by atoms with van der Waals surface area (Å²) in [6.45, 7) is 1.13. The summed E-state index contributed by atoms with van der Waals surface area (Å²) in [6.07, 6.45) is 0.743. The van der Waals surface area contributed by atoms with Crippen LogP contribution in [0.4, 0.5) is 4.39 Å². The predicted octanol–water partition coefficient (Wildman–Crippen LogP) is 1.24. The summed E-state index contributed by atoms with van der Waals surface area (Å²) in [5.41, 5.74) is 0.734. The van der Waals surface area contributed by atoms with E-state index in [1.165, 1.54) is 41.0 Å². The quantitative estimate of drug-likeness (QED) is 0.413. The Morgan fingerprint density at radius 2 is 2.22 bits per heavy atom. The van der Waals surface area contributed by atoms with Gasteiger partial charge in [-0.05, 0) is 23.1 Å². The predicted molar refractivity (Wildman–Crippen MR) is 130 cm³/mol. The number of halogens is 1. The van der Waals surface area contributed by atoms with Gasteiger partial charge in [0.25, 0.3) is 11.5 Å². The number of rotatable bonds is 9. The highest BCUT2D eigenvalue weighted by molar-refractivity contribution is 7.88. The van der Waals surface area contributed by atoms with Crippen LogP contribution in [0.2, 0.25) is 0 Å². The lowest BCUT2D eigenvalue weighted by molar-refractivity contribution is -0.0542. The number of benzene rings is 1. The van der Waals surface area contributed by atoms with Gasteiger partial charge in [0.05, 0.1) is 44.7 Å². The van der Waals surface area contributed by atoms with Gasteiger partial charge in [-0.2, -0.15) is 4.31 Å². The lowest BCUT2D eigenvalue weighted by atomic mass is 10.2. The van der Waals surface area contributed by atoms with E-state index in [-0.39, 0.29) is 44.5 Å². The third-order valence-corrected chi connectivity index (χ3v) is 7.73. The Kier molecular flexibility index (Phi) is 8.00. The van der Waals surface area contributed by atoms with Crippen molar-refractivity contribution in [3.05, 3.63) is 56.7 Å². The summed E-state index contributed by atoms with van der Waals surface area (Å²) >= 11 is 1.20. The average Bonchev–Trinajstić information content (AvgIpc) is 3.26. The van der Waals surface area contributed by atoms with Gasteiger partial charge in [-0.3, -0.25) is 9.59 Å². The minimum Gasteiger partial charge on any atom is -0.494 e. The molecule has 3 aromatic rings. The Morgan fingerprint density at radius 3 is 2.97 bits per heavy atom. The fourth-order valence-corrected chi connectivity index (χ4v) is 5.46. The zero-order chi connectivity index (χ0) is 25.9. The van der Waals surface area contributed by atoms with Gasteiger partial charge in [-0.25, -0.2) is 17.8 Å². The summed E-state index contributed by atoms with van der Waals surface area (Å²) in [6, 6.07) is 4.22. The van der Waals surface area contributed by atoms with Crippen LogP contribution < -0.4 is 15.6 Å². The van der Waals surface area contributed by atoms with Crippen molar-refractivity contribution in [1.29, 1.82) is 0 Å². The molecular weight excluding hydrogens is 515 g/mol. The molecule has 36 heavy (non-hydrogen) atoms. The van der Waals surface area contributed by atoms with Crippen LogP contribution in [0, 0.1) is 5.82 Å². The molecule has 2 aromatic heterocycles. The molecule has 1 aromatic carbocycles. The number of nitrogens with zero attached hydrogens (tertiary/aromatic N) is 2. The highest BCUT2D eigenvalue weighted by Crippen LogP contribution is 2.22. The molecule has 0 spiro atoms. The molecule has 1 saturated heterocycles. The van der Waals surface area contributed by atoms with Gasteiger partial charge in [-0.15, -0.1) is 11.3 Å². The monoisotopic (exact) mass is 540 g/mol. The third-order valence-electron chi connectivity index (χ3n) is 5.54. The van der Waals surface area contributed by atoms with E-state index < -0.39 is 33.4 Å². The molecule has 0 radical (unpaired) electrons. The Labute approximate surface area is 210 Å². The number of hydrogen-bond acceptors (Lipinski definition) is 9.